The van der Waals surface area contributed by atoms with E-state index in [0.717, 1.165) is 28.9 Å². The van der Waals surface area contributed by atoms with Crippen LogP contribution >= 0.6 is 0 Å². The number of rotatable bonds is 3. The lowest BCUT2D eigenvalue weighted by Gasteiger charge is -2.02. The predicted molar refractivity (Wildman–Crippen MR) is 55.4 cm³/mol. The third-order valence-corrected chi connectivity index (χ3v) is 2.19. The number of nitrogens with zero attached hydrogens (tertiary/aromatic N) is 1. The number of benzene rings is 1. The molecule has 74 valence electrons. The predicted octanol–water partition coefficient (Wildman–Crippen LogP) is 1.29. The maximum Gasteiger partial charge on any atom is 0.130 e. The summed E-state index contributed by atoms with van der Waals surface area (Å²) in [4.78, 5) is 0. The minimum atomic E-state index is 0.761. The standard InChI is InChI=1S/C10H13N3O/c1-11-6-8-10-7(12-13-8)4-3-5-9(10)14-2/h3-5,11H,6H2,1-2H3,(H,12,13). The molecule has 0 fully saturated rings. The first kappa shape index (κ1) is 9.02. The van der Waals surface area contributed by atoms with Gasteiger partial charge in [-0.15, -0.1) is 0 Å². The van der Waals surface area contributed by atoms with E-state index in [4.69, 9.17) is 4.74 Å². The van der Waals surface area contributed by atoms with Crippen LogP contribution in [-0.2, 0) is 6.54 Å². The molecule has 1 aromatic carbocycles. The lowest BCUT2D eigenvalue weighted by Crippen LogP contribution is -2.05. The van der Waals surface area contributed by atoms with Crippen LogP contribution in [0, 0.1) is 0 Å². The summed E-state index contributed by atoms with van der Waals surface area (Å²) in [6.07, 6.45) is 0. The number of nitrogens with one attached hydrogen (secondary N) is 2. The molecule has 0 atom stereocenters. The molecule has 0 saturated heterocycles. The van der Waals surface area contributed by atoms with Crippen LogP contribution in [0.25, 0.3) is 10.9 Å². The Hall–Kier alpha value is -1.55. The lowest BCUT2D eigenvalue weighted by molar-refractivity contribution is 0.419. The fourth-order valence-corrected chi connectivity index (χ4v) is 1.57. The SMILES string of the molecule is CNCc1[nH]nc2cccc(OC)c12. The first-order chi connectivity index (χ1) is 6.86. The van der Waals surface area contributed by atoms with Gasteiger partial charge in [-0.25, -0.2) is 0 Å². The van der Waals surface area contributed by atoms with E-state index >= 15 is 0 Å². The number of aromatic nitrogens is 2. The van der Waals surface area contributed by atoms with E-state index in [9.17, 15) is 0 Å². The zero-order valence-corrected chi connectivity index (χ0v) is 8.29. The highest BCUT2D eigenvalue weighted by molar-refractivity contribution is 5.87. The lowest BCUT2D eigenvalue weighted by atomic mass is 10.2. The van der Waals surface area contributed by atoms with Crippen LogP contribution in [0.3, 0.4) is 0 Å². The molecule has 1 aromatic heterocycles. The van der Waals surface area contributed by atoms with Crippen molar-refractivity contribution in [2.75, 3.05) is 14.2 Å². The Labute approximate surface area is 82.3 Å². The average Bonchev–Trinajstić information content (AvgIpc) is 2.62. The Bertz CT molecular complexity index is 436. The van der Waals surface area contributed by atoms with E-state index in [2.05, 4.69) is 15.5 Å². The van der Waals surface area contributed by atoms with Crippen LogP contribution in [0.5, 0.6) is 5.75 Å². The summed E-state index contributed by atoms with van der Waals surface area (Å²) < 4.78 is 5.29. The Balaban J connectivity index is 2.62. The van der Waals surface area contributed by atoms with Gasteiger partial charge in [0.2, 0.25) is 0 Å². The normalized spacial score (nSPS) is 10.7. The van der Waals surface area contributed by atoms with Crippen molar-refractivity contribution in [2.45, 2.75) is 6.54 Å². The number of hydrogen-bond donors (Lipinski definition) is 2. The van der Waals surface area contributed by atoms with Crippen molar-refractivity contribution < 1.29 is 4.74 Å². The first-order valence-electron chi connectivity index (χ1n) is 4.51. The third kappa shape index (κ3) is 1.33. The number of aromatic amines is 1. The highest BCUT2D eigenvalue weighted by Crippen LogP contribution is 2.26. The van der Waals surface area contributed by atoms with Crippen LogP contribution in [0.2, 0.25) is 0 Å². The zero-order valence-electron chi connectivity index (χ0n) is 8.29. The largest absolute Gasteiger partial charge is 0.496 e. The molecule has 0 aliphatic carbocycles. The van der Waals surface area contributed by atoms with Gasteiger partial charge in [0.1, 0.15) is 5.75 Å². The van der Waals surface area contributed by atoms with Crippen molar-refractivity contribution in [3.63, 3.8) is 0 Å². The molecule has 0 saturated carbocycles. The molecule has 0 bridgehead atoms. The highest BCUT2D eigenvalue weighted by atomic mass is 16.5. The molecule has 2 aromatic rings. The maximum atomic E-state index is 5.29. The van der Waals surface area contributed by atoms with E-state index in [0.29, 0.717) is 0 Å². The van der Waals surface area contributed by atoms with E-state index < -0.39 is 0 Å². The molecule has 0 spiro atoms. The van der Waals surface area contributed by atoms with Crippen LogP contribution in [-0.4, -0.2) is 24.4 Å². The van der Waals surface area contributed by atoms with E-state index in [1.165, 1.54) is 0 Å². The molecule has 0 aliphatic heterocycles. The Morgan fingerprint density at radius 3 is 3.07 bits per heavy atom. The third-order valence-electron chi connectivity index (χ3n) is 2.19. The van der Waals surface area contributed by atoms with Gasteiger partial charge in [-0.3, -0.25) is 5.10 Å². The number of H-pyrrole nitrogens is 1. The number of fused-ring (bicyclic) bond motifs is 1. The summed E-state index contributed by atoms with van der Waals surface area (Å²) in [5.74, 6) is 0.863. The van der Waals surface area contributed by atoms with Gasteiger partial charge in [-0.1, -0.05) is 6.07 Å². The van der Waals surface area contributed by atoms with Crippen molar-refractivity contribution in [3.8, 4) is 5.75 Å². The van der Waals surface area contributed by atoms with E-state index in [1.807, 2.05) is 25.2 Å². The maximum absolute atomic E-state index is 5.29. The molecular weight excluding hydrogens is 178 g/mol. The smallest absolute Gasteiger partial charge is 0.130 e. The second-order valence-corrected chi connectivity index (χ2v) is 3.09. The average molecular weight is 191 g/mol. The quantitative estimate of drug-likeness (QED) is 0.768. The van der Waals surface area contributed by atoms with Crippen molar-refractivity contribution in [1.82, 2.24) is 15.5 Å². The molecule has 0 aliphatic rings. The van der Waals surface area contributed by atoms with Gasteiger partial charge in [0, 0.05) is 6.54 Å². The van der Waals surface area contributed by atoms with Crippen molar-refractivity contribution in [1.29, 1.82) is 0 Å². The highest BCUT2D eigenvalue weighted by Gasteiger charge is 2.08. The fourth-order valence-electron chi connectivity index (χ4n) is 1.57. The molecule has 4 nitrogen and oxygen atoms in total. The fraction of sp³-hybridized carbons (Fsp3) is 0.300. The molecule has 2 rings (SSSR count). The summed E-state index contributed by atoms with van der Waals surface area (Å²) >= 11 is 0. The summed E-state index contributed by atoms with van der Waals surface area (Å²) in [7, 11) is 3.58. The number of methoxy groups -OCH3 is 1. The Morgan fingerprint density at radius 1 is 1.50 bits per heavy atom. The summed E-state index contributed by atoms with van der Waals surface area (Å²) in [6.45, 7) is 0.761. The molecule has 0 radical (unpaired) electrons. The second kappa shape index (κ2) is 3.67. The molecule has 0 amide bonds. The molecular formula is C10H13N3O. The second-order valence-electron chi connectivity index (χ2n) is 3.09. The zero-order chi connectivity index (χ0) is 9.97. The number of hydrogen-bond acceptors (Lipinski definition) is 3. The first-order valence-corrected chi connectivity index (χ1v) is 4.51. The Morgan fingerprint density at radius 2 is 2.36 bits per heavy atom. The van der Waals surface area contributed by atoms with E-state index in [-0.39, 0.29) is 0 Å². The molecule has 0 unspecified atom stereocenters. The molecule has 4 heteroatoms. The number of ether oxygens (including phenoxy) is 1. The van der Waals surface area contributed by atoms with Gasteiger partial charge in [-0.2, -0.15) is 5.10 Å². The summed E-state index contributed by atoms with van der Waals surface area (Å²) in [5.41, 5.74) is 1.99. The van der Waals surface area contributed by atoms with Gasteiger partial charge < -0.3 is 10.1 Å². The van der Waals surface area contributed by atoms with Gasteiger partial charge >= 0.3 is 0 Å². The summed E-state index contributed by atoms with van der Waals surface area (Å²) in [5, 5.41) is 11.3. The van der Waals surface area contributed by atoms with Crippen molar-refractivity contribution >= 4 is 10.9 Å². The molecule has 14 heavy (non-hydrogen) atoms. The minimum absolute atomic E-state index is 0.761. The van der Waals surface area contributed by atoms with E-state index in [1.54, 1.807) is 7.11 Å². The van der Waals surface area contributed by atoms with Crippen molar-refractivity contribution in [2.24, 2.45) is 0 Å². The van der Waals surface area contributed by atoms with Crippen LogP contribution < -0.4 is 10.1 Å². The van der Waals surface area contributed by atoms with Crippen molar-refractivity contribution in [3.05, 3.63) is 23.9 Å². The van der Waals surface area contributed by atoms with Gasteiger partial charge in [0.25, 0.3) is 0 Å². The molecule has 2 N–H and O–H groups in total. The van der Waals surface area contributed by atoms with Crippen LogP contribution in [0.1, 0.15) is 5.69 Å². The Kier molecular flexibility index (Phi) is 2.37. The van der Waals surface area contributed by atoms with Gasteiger partial charge in [-0.05, 0) is 19.2 Å². The molecule has 1 heterocycles. The van der Waals surface area contributed by atoms with Crippen LogP contribution in [0.4, 0.5) is 0 Å². The van der Waals surface area contributed by atoms with Crippen LogP contribution in [0.15, 0.2) is 18.2 Å². The monoisotopic (exact) mass is 191 g/mol. The van der Waals surface area contributed by atoms with Gasteiger partial charge in [0.05, 0.1) is 23.7 Å². The summed E-state index contributed by atoms with van der Waals surface area (Å²) in [6, 6.07) is 5.84. The topological polar surface area (TPSA) is 49.9 Å². The minimum Gasteiger partial charge on any atom is -0.496 e. The van der Waals surface area contributed by atoms with Gasteiger partial charge in [0.15, 0.2) is 0 Å².